The van der Waals surface area contributed by atoms with Crippen LogP contribution in [0.1, 0.15) is 39.5 Å². The number of nitriles is 1. The average Bonchev–Trinajstić information content (AvgIpc) is 2.31. The molecule has 1 atom stereocenters. The number of halogens is 1. The minimum Gasteiger partial charge on any atom is -0.367 e. The zero-order valence-electron chi connectivity index (χ0n) is 11.0. The van der Waals surface area contributed by atoms with Crippen LogP contribution in [0.5, 0.6) is 0 Å². The van der Waals surface area contributed by atoms with Gasteiger partial charge in [0, 0.05) is 10.2 Å². The van der Waals surface area contributed by atoms with Gasteiger partial charge in [-0.3, -0.25) is 0 Å². The third kappa shape index (κ3) is 3.05. The fourth-order valence-electron chi connectivity index (χ4n) is 2.90. The largest absolute Gasteiger partial charge is 0.367 e. The molecule has 18 heavy (non-hydrogen) atoms. The summed E-state index contributed by atoms with van der Waals surface area (Å²) in [6.45, 7) is 4.50. The van der Waals surface area contributed by atoms with E-state index in [4.69, 9.17) is 0 Å². The molecule has 2 rings (SSSR count). The van der Waals surface area contributed by atoms with E-state index in [1.54, 1.807) is 0 Å². The molecule has 0 spiro atoms. The predicted molar refractivity (Wildman–Crippen MR) is 78.4 cm³/mol. The van der Waals surface area contributed by atoms with Crippen molar-refractivity contribution in [2.24, 2.45) is 5.41 Å². The molecule has 0 aliphatic heterocycles. The van der Waals surface area contributed by atoms with Crippen molar-refractivity contribution < 1.29 is 0 Å². The van der Waals surface area contributed by atoms with E-state index in [0.717, 1.165) is 29.4 Å². The van der Waals surface area contributed by atoms with Gasteiger partial charge in [-0.2, -0.15) is 5.26 Å². The zero-order chi connectivity index (χ0) is 13.2. The molecule has 2 nitrogen and oxygen atoms in total. The summed E-state index contributed by atoms with van der Waals surface area (Å²) < 4.78 is 1.06. The van der Waals surface area contributed by atoms with Gasteiger partial charge in [-0.25, -0.2) is 0 Å². The Balaban J connectivity index is 2.18. The van der Waals surface area contributed by atoms with E-state index in [-0.39, 0.29) is 5.41 Å². The molecule has 0 saturated heterocycles. The number of hydrogen-bond acceptors (Lipinski definition) is 2. The van der Waals surface area contributed by atoms with Crippen LogP contribution in [0.2, 0.25) is 0 Å². The molecule has 1 aliphatic carbocycles. The van der Waals surface area contributed by atoms with Crippen molar-refractivity contribution in [1.82, 2.24) is 0 Å². The second-order valence-electron chi connectivity index (χ2n) is 6.02. The highest BCUT2D eigenvalue weighted by atomic mass is 79.9. The topological polar surface area (TPSA) is 35.8 Å². The van der Waals surface area contributed by atoms with E-state index in [0.29, 0.717) is 0 Å². The van der Waals surface area contributed by atoms with Gasteiger partial charge >= 0.3 is 0 Å². The lowest BCUT2D eigenvalue weighted by Gasteiger charge is -2.41. The number of nitrogens with one attached hydrogen (secondary N) is 1. The van der Waals surface area contributed by atoms with Crippen LogP contribution >= 0.6 is 15.9 Å². The summed E-state index contributed by atoms with van der Waals surface area (Å²) in [6, 6.07) is 10.6. The normalized spacial score (nSPS) is 26.3. The molecule has 1 saturated carbocycles. The first-order valence-electron chi connectivity index (χ1n) is 6.40. The maximum Gasteiger partial charge on any atom is 0.125 e. The minimum atomic E-state index is -0.407. The van der Waals surface area contributed by atoms with Gasteiger partial charge in [0.05, 0.1) is 6.07 Å². The Morgan fingerprint density at radius 1 is 1.22 bits per heavy atom. The van der Waals surface area contributed by atoms with Crippen LogP contribution in [0.4, 0.5) is 5.69 Å². The molecule has 1 aromatic rings. The molecule has 0 amide bonds. The molecule has 1 fully saturated rings. The summed E-state index contributed by atoms with van der Waals surface area (Å²) in [6.07, 6.45) is 4.16. The van der Waals surface area contributed by atoms with Crippen molar-refractivity contribution in [3.8, 4) is 6.07 Å². The van der Waals surface area contributed by atoms with Crippen LogP contribution < -0.4 is 5.32 Å². The monoisotopic (exact) mass is 306 g/mol. The van der Waals surface area contributed by atoms with Crippen molar-refractivity contribution in [2.75, 3.05) is 5.32 Å². The molecular formula is C15H19BrN2. The van der Waals surface area contributed by atoms with Crippen molar-refractivity contribution in [2.45, 2.75) is 45.1 Å². The molecule has 0 heterocycles. The molecule has 1 aliphatic rings. The van der Waals surface area contributed by atoms with Crippen molar-refractivity contribution in [3.63, 3.8) is 0 Å². The molecule has 96 valence electrons. The first-order valence-corrected chi connectivity index (χ1v) is 7.19. The number of benzene rings is 1. The van der Waals surface area contributed by atoms with Crippen molar-refractivity contribution in [3.05, 3.63) is 28.7 Å². The second-order valence-corrected chi connectivity index (χ2v) is 6.94. The molecule has 3 heteroatoms. The van der Waals surface area contributed by atoms with E-state index in [1.165, 1.54) is 6.42 Å². The summed E-state index contributed by atoms with van der Waals surface area (Å²) in [4.78, 5) is 0. The second kappa shape index (κ2) is 4.93. The van der Waals surface area contributed by atoms with Gasteiger partial charge < -0.3 is 5.32 Å². The summed E-state index contributed by atoms with van der Waals surface area (Å²) in [7, 11) is 0. The highest BCUT2D eigenvalue weighted by molar-refractivity contribution is 9.10. The Bertz CT molecular complexity index is 458. The lowest BCUT2D eigenvalue weighted by molar-refractivity contribution is 0.197. The fourth-order valence-corrected chi connectivity index (χ4v) is 3.17. The first-order chi connectivity index (χ1) is 8.45. The van der Waals surface area contributed by atoms with Crippen LogP contribution in [0.25, 0.3) is 0 Å². The molecule has 1 N–H and O–H groups in total. The van der Waals surface area contributed by atoms with E-state index in [9.17, 15) is 5.26 Å². The minimum absolute atomic E-state index is 0.246. The van der Waals surface area contributed by atoms with Gasteiger partial charge in [-0.1, -0.05) is 29.8 Å². The molecule has 0 radical (unpaired) electrons. The third-order valence-corrected chi connectivity index (χ3v) is 4.21. The molecular weight excluding hydrogens is 288 g/mol. The predicted octanol–water partition coefficient (Wildman–Crippen LogP) is 4.72. The number of nitrogens with zero attached hydrogens (tertiary/aromatic N) is 1. The maximum atomic E-state index is 9.57. The standard InChI is InChI=1S/C15H19BrN2/c1-14(2)8-3-9-15(10-14,11-17)18-13-6-4-12(16)5-7-13/h4-7,18H,3,8-10H2,1-2H3. The van der Waals surface area contributed by atoms with E-state index >= 15 is 0 Å². The molecule has 0 bridgehead atoms. The van der Waals surface area contributed by atoms with Gasteiger partial charge in [-0.15, -0.1) is 0 Å². The van der Waals surface area contributed by atoms with Crippen LogP contribution in [0, 0.1) is 16.7 Å². The Labute approximate surface area is 118 Å². The van der Waals surface area contributed by atoms with E-state index in [2.05, 4.69) is 41.2 Å². The van der Waals surface area contributed by atoms with Crippen LogP contribution in [-0.4, -0.2) is 5.54 Å². The van der Waals surface area contributed by atoms with Crippen molar-refractivity contribution in [1.29, 1.82) is 5.26 Å². The third-order valence-electron chi connectivity index (χ3n) is 3.68. The zero-order valence-corrected chi connectivity index (χ0v) is 12.5. The Morgan fingerprint density at radius 3 is 2.44 bits per heavy atom. The van der Waals surface area contributed by atoms with Crippen molar-refractivity contribution >= 4 is 21.6 Å². The molecule has 1 unspecified atom stereocenters. The highest BCUT2D eigenvalue weighted by Gasteiger charge is 2.40. The van der Waals surface area contributed by atoms with Crippen LogP contribution in [0.15, 0.2) is 28.7 Å². The van der Waals surface area contributed by atoms with Gasteiger partial charge in [-0.05, 0) is 55.4 Å². The first kappa shape index (κ1) is 13.4. The highest BCUT2D eigenvalue weighted by Crippen LogP contribution is 2.42. The summed E-state index contributed by atoms with van der Waals surface area (Å²) in [5.74, 6) is 0. The quantitative estimate of drug-likeness (QED) is 0.858. The maximum absolute atomic E-state index is 9.57. The fraction of sp³-hybridized carbons (Fsp3) is 0.533. The molecule has 1 aromatic carbocycles. The Hall–Kier alpha value is -1.01. The lowest BCUT2D eigenvalue weighted by atomic mass is 9.68. The number of rotatable bonds is 2. The number of hydrogen-bond donors (Lipinski definition) is 1. The number of anilines is 1. The van der Waals surface area contributed by atoms with Gasteiger partial charge in [0.15, 0.2) is 0 Å². The summed E-state index contributed by atoms with van der Waals surface area (Å²) in [5, 5.41) is 13.0. The van der Waals surface area contributed by atoms with Crippen LogP contribution in [-0.2, 0) is 0 Å². The Kier molecular flexibility index (Phi) is 3.68. The summed E-state index contributed by atoms with van der Waals surface area (Å²) >= 11 is 3.43. The molecule has 0 aromatic heterocycles. The van der Waals surface area contributed by atoms with E-state index < -0.39 is 5.54 Å². The van der Waals surface area contributed by atoms with Gasteiger partial charge in [0.1, 0.15) is 5.54 Å². The summed E-state index contributed by atoms with van der Waals surface area (Å²) in [5.41, 5.74) is 0.865. The Morgan fingerprint density at radius 2 is 1.89 bits per heavy atom. The SMILES string of the molecule is CC1(C)CCCC(C#N)(Nc2ccc(Br)cc2)C1. The van der Waals surface area contributed by atoms with Gasteiger partial charge in [0.2, 0.25) is 0 Å². The van der Waals surface area contributed by atoms with E-state index in [1.807, 2.05) is 24.3 Å². The lowest BCUT2D eigenvalue weighted by Crippen LogP contribution is -2.44. The smallest absolute Gasteiger partial charge is 0.125 e. The average molecular weight is 307 g/mol. The van der Waals surface area contributed by atoms with Crippen LogP contribution in [0.3, 0.4) is 0 Å². The van der Waals surface area contributed by atoms with Gasteiger partial charge in [0.25, 0.3) is 0 Å².